The minimum atomic E-state index is -0.0643. The summed E-state index contributed by atoms with van der Waals surface area (Å²) in [5, 5.41) is 13.6. The number of hydrogen-bond acceptors (Lipinski definition) is 10. The summed E-state index contributed by atoms with van der Waals surface area (Å²) < 4.78 is 11.6. The molecule has 0 aliphatic carbocycles. The summed E-state index contributed by atoms with van der Waals surface area (Å²) in [6.07, 6.45) is 12.9. The first-order valence-electron chi connectivity index (χ1n) is 19.9. The molecule has 296 valence electrons. The molecule has 50 heavy (non-hydrogen) atoms. The number of ether oxygens (including phenoxy) is 2. The zero-order chi connectivity index (χ0) is 37.8. The third-order valence-corrected chi connectivity index (χ3v) is 9.71. The summed E-state index contributed by atoms with van der Waals surface area (Å²) in [7, 11) is 8.43. The number of esters is 2. The first-order chi connectivity index (χ1) is 23.3. The van der Waals surface area contributed by atoms with Gasteiger partial charge in [-0.15, -0.1) is 0 Å². The lowest BCUT2D eigenvalue weighted by Crippen LogP contribution is -2.59. The second-order valence-electron chi connectivity index (χ2n) is 18.0. The van der Waals surface area contributed by atoms with Crippen LogP contribution in [0.15, 0.2) is 0 Å². The van der Waals surface area contributed by atoms with Gasteiger partial charge in [0, 0.05) is 73.8 Å². The molecule has 10 heteroatoms. The zero-order valence-corrected chi connectivity index (χ0v) is 34.8. The molecule has 0 radical (unpaired) electrons. The van der Waals surface area contributed by atoms with E-state index in [-0.39, 0.29) is 46.3 Å². The lowest BCUT2D eigenvalue weighted by Gasteiger charge is -2.46. The van der Waals surface area contributed by atoms with Gasteiger partial charge < -0.3 is 40.5 Å². The Morgan fingerprint density at radius 3 is 1.14 bits per heavy atom. The summed E-state index contributed by atoms with van der Waals surface area (Å²) in [5.41, 5.74) is -0.0559. The van der Waals surface area contributed by atoms with Gasteiger partial charge in [-0.3, -0.25) is 9.59 Å². The Balaban J connectivity index is 0.000000657. The highest BCUT2D eigenvalue weighted by Crippen LogP contribution is 2.32. The van der Waals surface area contributed by atoms with Crippen molar-refractivity contribution in [3.05, 3.63) is 0 Å². The Morgan fingerprint density at radius 2 is 0.840 bits per heavy atom. The summed E-state index contributed by atoms with van der Waals surface area (Å²) in [6, 6.07) is 0. The van der Waals surface area contributed by atoms with Crippen LogP contribution in [0.2, 0.25) is 0 Å². The topological polar surface area (TPSA) is 107 Å². The number of carbonyl (C=O) groups excluding carboxylic acids is 2. The van der Waals surface area contributed by atoms with E-state index in [1.807, 2.05) is 14.1 Å². The smallest absolute Gasteiger partial charge is 0.306 e. The van der Waals surface area contributed by atoms with Crippen molar-refractivity contribution in [2.75, 3.05) is 67.5 Å². The van der Waals surface area contributed by atoms with E-state index in [4.69, 9.17) is 9.47 Å². The van der Waals surface area contributed by atoms with E-state index in [1.165, 1.54) is 39.0 Å². The molecule has 2 aliphatic rings. The number of likely N-dealkylation sites (N-methyl/N-ethyl adjacent to an activating group) is 2. The van der Waals surface area contributed by atoms with Crippen molar-refractivity contribution in [3.63, 3.8) is 0 Å². The number of carbonyl (C=O) groups is 2. The standard InChI is InChI=1S/C28H52N2O4.C12H30N4/c1-25(2)17-21(18-26(3,4)29-25)33-23(31)15-13-11-9-10-12-14-16-24(32)34-22-19-27(5,6)30-28(7,8)20-22;1-13-7-5-9-15(3)11-12-16(4)10-6-8-14-2/h21-22,29-30H,9-20H2,1-8H3;13-14H,5-12H2,1-4H3. The second-order valence-corrected chi connectivity index (χ2v) is 18.0. The Labute approximate surface area is 308 Å². The van der Waals surface area contributed by atoms with Gasteiger partial charge in [0.05, 0.1) is 0 Å². The van der Waals surface area contributed by atoms with E-state index in [1.54, 1.807) is 0 Å². The molecule has 2 heterocycles. The van der Waals surface area contributed by atoms with Crippen molar-refractivity contribution in [1.29, 1.82) is 0 Å². The molecule has 2 saturated heterocycles. The van der Waals surface area contributed by atoms with Gasteiger partial charge in [-0.05, 0) is 135 Å². The Kier molecular flexibility index (Phi) is 21.8. The predicted molar refractivity (Wildman–Crippen MR) is 210 cm³/mol. The first-order valence-corrected chi connectivity index (χ1v) is 19.9. The van der Waals surface area contributed by atoms with Crippen LogP contribution in [0.3, 0.4) is 0 Å². The molecule has 0 amide bonds. The predicted octanol–water partition coefficient (Wildman–Crippen LogP) is 5.88. The number of nitrogens with one attached hydrogen (secondary N) is 4. The zero-order valence-electron chi connectivity index (χ0n) is 34.8. The van der Waals surface area contributed by atoms with E-state index in [0.29, 0.717) is 12.8 Å². The van der Waals surface area contributed by atoms with E-state index >= 15 is 0 Å². The van der Waals surface area contributed by atoms with Crippen LogP contribution in [-0.2, 0) is 19.1 Å². The average Bonchev–Trinajstić information content (AvgIpc) is 2.94. The summed E-state index contributed by atoms with van der Waals surface area (Å²) in [4.78, 5) is 29.4. The molecule has 2 aliphatic heterocycles. The normalized spacial score (nSPS) is 20.0. The Morgan fingerprint density at radius 1 is 0.540 bits per heavy atom. The molecule has 0 aromatic rings. The van der Waals surface area contributed by atoms with Gasteiger partial charge in [0.1, 0.15) is 12.2 Å². The van der Waals surface area contributed by atoms with Gasteiger partial charge in [-0.1, -0.05) is 25.7 Å². The highest BCUT2D eigenvalue weighted by molar-refractivity contribution is 5.69. The molecule has 2 fully saturated rings. The fourth-order valence-corrected chi connectivity index (χ4v) is 7.98. The monoisotopic (exact) mass is 711 g/mol. The minimum absolute atomic E-state index is 0.000484. The lowest BCUT2D eigenvalue weighted by molar-refractivity contribution is -0.154. The highest BCUT2D eigenvalue weighted by atomic mass is 16.5. The van der Waals surface area contributed by atoms with Crippen LogP contribution >= 0.6 is 0 Å². The first kappa shape index (κ1) is 46.7. The van der Waals surface area contributed by atoms with Crippen molar-refractivity contribution in [1.82, 2.24) is 31.1 Å². The maximum Gasteiger partial charge on any atom is 0.306 e. The molecule has 0 aromatic carbocycles. The number of rotatable bonds is 22. The second kappa shape index (κ2) is 23.4. The molecule has 0 bridgehead atoms. The van der Waals surface area contributed by atoms with Gasteiger partial charge in [0.25, 0.3) is 0 Å². The van der Waals surface area contributed by atoms with Gasteiger partial charge >= 0.3 is 11.9 Å². The van der Waals surface area contributed by atoms with Gasteiger partial charge in [0.15, 0.2) is 0 Å². The van der Waals surface area contributed by atoms with Crippen LogP contribution in [0.25, 0.3) is 0 Å². The van der Waals surface area contributed by atoms with E-state index in [0.717, 1.165) is 77.3 Å². The van der Waals surface area contributed by atoms with Crippen molar-refractivity contribution < 1.29 is 19.1 Å². The van der Waals surface area contributed by atoms with Gasteiger partial charge in [-0.25, -0.2) is 0 Å². The number of piperidine rings is 2. The van der Waals surface area contributed by atoms with Crippen LogP contribution in [0.1, 0.15) is 145 Å². The van der Waals surface area contributed by atoms with Crippen molar-refractivity contribution in [2.24, 2.45) is 0 Å². The molecule has 2 rings (SSSR count). The Bertz CT molecular complexity index is 835. The molecular weight excluding hydrogens is 628 g/mol. The highest BCUT2D eigenvalue weighted by Gasteiger charge is 2.40. The van der Waals surface area contributed by atoms with Crippen LogP contribution in [0.4, 0.5) is 0 Å². The molecule has 0 spiro atoms. The van der Waals surface area contributed by atoms with E-state index < -0.39 is 0 Å². The summed E-state index contributed by atoms with van der Waals surface area (Å²) in [6.45, 7) is 24.3. The van der Waals surface area contributed by atoms with Crippen LogP contribution in [-0.4, -0.2) is 124 Å². The Hall–Kier alpha value is -1.30. The van der Waals surface area contributed by atoms with Crippen molar-refractivity contribution in [3.8, 4) is 0 Å². The minimum Gasteiger partial charge on any atom is -0.462 e. The third kappa shape index (κ3) is 23.3. The van der Waals surface area contributed by atoms with E-state index in [9.17, 15) is 9.59 Å². The van der Waals surface area contributed by atoms with Gasteiger partial charge in [0.2, 0.25) is 0 Å². The maximum atomic E-state index is 12.3. The average molecular weight is 711 g/mol. The largest absolute Gasteiger partial charge is 0.462 e. The maximum absolute atomic E-state index is 12.3. The van der Waals surface area contributed by atoms with Crippen molar-refractivity contribution >= 4 is 11.9 Å². The number of unbranched alkanes of at least 4 members (excludes halogenated alkanes) is 5. The van der Waals surface area contributed by atoms with Crippen molar-refractivity contribution in [2.45, 2.75) is 180 Å². The van der Waals surface area contributed by atoms with Crippen LogP contribution < -0.4 is 21.3 Å². The molecule has 0 atom stereocenters. The molecule has 0 aromatic heterocycles. The molecule has 0 unspecified atom stereocenters. The number of nitrogens with zero attached hydrogens (tertiary/aromatic N) is 2. The fourth-order valence-electron chi connectivity index (χ4n) is 7.98. The fraction of sp³-hybridized carbons (Fsp3) is 0.950. The van der Waals surface area contributed by atoms with E-state index in [2.05, 4.69) is 101 Å². The quantitative estimate of drug-likeness (QED) is 0.0804. The molecule has 10 nitrogen and oxygen atoms in total. The van der Waals surface area contributed by atoms with Crippen LogP contribution in [0, 0.1) is 0 Å². The summed E-state index contributed by atoms with van der Waals surface area (Å²) in [5.74, 6) is -0.129. The lowest BCUT2D eigenvalue weighted by atomic mass is 9.81. The molecule has 0 saturated carbocycles. The van der Waals surface area contributed by atoms with Gasteiger partial charge in [-0.2, -0.15) is 0 Å². The summed E-state index contributed by atoms with van der Waals surface area (Å²) >= 11 is 0. The number of hydrogen-bond donors (Lipinski definition) is 4. The molecular formula is C40H82N6O4. The van der Waals surface area contributed by atoms with Crippen LogP contribution in [0.5, 0.6) is 0 Å². The third-order valence-electron chi connectivity index (χ3n) is 9.71. The molecule has 4 N–H and O–H groups in total. The SMILES string of the molecule is CC1(C)CC(OC(=O)CCCCCCCCC(=O)OC2CC(C)(C)NC(C)(C)C2)CC(C)(C)N1.CNCCCN(C)CCN(C)CCCNC.